The highest BCUT2D eigenvalue weighted by Gasteiger charge is 2.49. The second kappa shape index (κ2) is 6.00. The van der Waals surface area contributed by atoms with Crippen molar-refractivity contribution in [2.45, 2.75) is 56.5 Å². The van der Waals surface area contributed by atoms with E-state index in [9.17, 15) is 19.2 Å². The first-order chi connectivity index (χ1) is 12.0. The first-order valence-electron chi connectivity index (χ1n) is 9.20. The lowest BCUT2D eigenvalue weighted by Gasteiger charge is -2.38. The topological polar surface area (TPSA) is 98.8 Å². The molecule has 1 saturated carbocycles. The lowest BCUT2D eigenvalue weighted by atomic mass is 9.87. The predicted molar refractivity (Wildman–Crippen MR) is 87.3 cm³/mol. The van der Waals surface area contributed by atoms with E-state index in [-0.39, 0.29) is 23.6 Å². The first-order valence-corrected chi connectivity index (χ1v) is 9.20. The van der Waals surface area contributed by atoms with Crippen LogP contribution in [0.3, 0.4) is 0 Å². The van der Waals surface area contributed by atoms with Gasteiger partial charge in [0, 0.05) is 32.1 Å². The monoisotopic (exact) mass is 348 g/mol. The molecule has 8 nitrogen and oxygen atoms in total. The SMILES string of the molecule is O=C1NC(=O)C2(CCN(C(=O)C3CC(=O)N(C4CCCC4)C3)CC2)N1. The van der Waals surface area contributed by atoms with Gasteiger partial charge < -0.3 is 15.1 Å². The van der Waals surface area contributed by atoms with Gasteiger partial charge >= 0.3 is 6.03 Å². The molecule has 0 aromatic carbocycles. The summed E-state index contributed by atoms with van der Waals surface area (Å²) in [5.74, 6) is -0.461. The Morgan fingerprint density at radius 1 is 1.08 bits per heavy atom. The molecule has 2 N–H and O–H groups in total. The molecule has 3 heterocycles. The van der Waals surface area contributed by atoms with Crippen LogP contribution in [0, 0.1) is 5.92 Å². The minimum atomic E-state index is -0.866. The Kier molecular flexibility index (Phi) is 3.92. The third-order valence-corrected chi connectivity index (χ3v) is 6.22. The minimum Gasteiger partial charge on any atom is -0.342 e. The predicted octanol–water partition coefficient (Wildman–Crippen LogP) is -0.0219. The molecule has 1 unspecified atom stereocenters. The zero-order valence-corrected chi connectivity index (χ0v) is 14.3. The Morgan fingerprint density at radius 2 is 1.76 bits per heavy atom. The summed E-state index contributed by atoms with van der Waals surface area (Å²) in [6, 6.07) is -0.148. The number of imide groups is 1. The Labute approximate surface area is 146 Å². The number of amides is 5. The Bertz CT molecular complexity index is 620. The van der Waals surface area contributed by atoms with Gasteiger partial charge in [-0.15, -0.1) is 0 Å². The minimum absolute atomic E-state index is 0.00780. The van der Waals surface area contributed by atoms with Crippen molar-refractivity contribution in [1.29, 1.82) is 0 Å². The molecule has 4 fully saturated rings. The lowest BCUT2D eigenvalue weighted by molar-refractivity contribution is -0.139. The van der Waals surface area contributed by atoms with Crippen LogP contribution < -0.4 is 10.6 Å². The summed E-state index contributed by atoms with van der Waals surface area (Å²) < 4.78 is 0. The van der Waals surface area contributed by atoms with Crippen LogP contribution in [0.5, 0.6) is 0 Å². The van der Waals surface area contributed by atoms with Crippen molar-refractivity contribution >= 4 is 23.8 Å². The van der Waals surface area contributed by atoms with E-state index in [1.165, 1.54) is 0 Å². The van der Waals surface area contributed by atoms with E-state index in [0.717, 1.165) is 25.7 Å². The zero-order chi connectivity index (χ0) is 17.6. The van der Waals surface area contributed by atoms with Gasteiger partial charge in [0.05, 0.1) is 5.92 Å². The fourth-order valence-corrected chi connectivity index (χ4v) is 4.71. The molecule has 25 heavy (non-hydrogen) atoms. The van der Waals surface area contributed by atoms with E-state index in [0.29, 0.717) is 44.9 Å². The summed E-state index contributed by atoms with van der Waals surface area (Å²) in [6.07, 6.45) is 5.56. The van der Waals surface area contributed by atoms with Crippen molar-refractivity contribution in [1.82, 2.24) is 20.4 Å². The van der Waals surface area contributed by atoms with Crippen LogP contribution in [0.4, 0.5) is 4.79 Å². The van der Waals surface area contributed by atoms with Crippen molar-refractivity contribution in [3.63, 3.8) is 0 Å². The van der Waals surface area contributed by atoms with Gasteiger partial charge in [0.25, 0.3) is 5.91 Å². The molecule has 0 bridgehead atoms. The van der Waals surface area contributed by atoms with E-state index in [2.05, 4.69) is 10.6 Å². The highest BCUT2D eigenvalue weighted by atomic mass is 16.2. The number of nitrogens with one attached hydrogen (secondary N) is 2. The third kappa shape index (κ3) is 2.77. The second-order valence-corrected chi connectivity index (χ2v) is 7.70. The van der Waals surface area contributed by atoms with Gasteiger partial charge in [-0.1, -0.05) is 12.8 Å². The molecular formula is C17H24N4O4. The van der Waals surface area contributed by atoms with Gasteiger partial charge in [0.15, 0.2) is 0 Å². The van der Waals surface area contributed by atoms with Crippen LogP contribution in [0.2, 0.25) is 0 Å². The highest BCUT2D eigenvalue weighted by molar-refractivity contribution is 6.07. The molecule has 8 heteroatoms. The molecule has 1 spiro atoms. The quantitative estimate of drug-likeness (QED) is 0.685. The molecule has 1 aliphatic carbocycles. The number of likely N-dealkylation sites (tertiary alicyclic amines) is 2. The van der Waals surface area contributed by atoms with Crippen molar-refractivity contribution in [2.75, 3.05) is 19.6 Å². The Morgan fingerprint density at radius 3 is 2.36 bits per heavy atom. The summed E-state index contributed by atoms with van der Waals surface area (Å²) in [7, 11) is 0. The summed E-state index contributed by atoms with van der Waals surface area (Å²) in [4.78, 5) is 52.1. The van der Waals surface area contributed by atoms with Gasteiger partial charge in [-0.25, -0.2) is 4.79 Å². The molecule has 136 valence electrons. The number of rotatable bonds is 2. The van der Waals surface area contributed by atoms with E-state index in [1.807, 2.05) is 4.90 Å². The molecule has 0 radical (unpaired) electrons. The average Bonchev–Trinajstić information content (AvgIpc) is 3.28. The molecule has 4 aliphatic rings. The Hall–Kier alpha value is -2.12. The van der Waals surface area contributed by atoms with E-state index in [1.54, 1.807) is 4.90 Å². The molecule has 3 aliphatic heterocycles. The van der Waals surface area contributed by atoms with Crippen molar-refractivity contribution < 1.29 is 19.2 Å². The molecule has 0 aromatic rings. The molecule has 3 saturated heterocycles. The maximum absolute atomic E-state index is 12.8. The van der Waals surface area contributed by atoms with Crippen molar-refractivity contribution in [3.05, 3.63) is 0 Å². The van der Waals surface area contributed by atoms with Gasteiger partial charge in [-0.05, 0) is 25.7 Å². The third-order valence-electron chi connectivity index (χ3n) is 6.22. The van der Waals surface area contributed by atoms with Crippen LogP contribution >= 0.6 is 0 Å². The number of nitrogens with zero attached hydrogens (tertiary/aromatic N) is 2. The smallest absolute Gasteiger partial charge is 0.322 e. The number of piperidine rings is 1. The van der Waals surface area contributed by atoms with Crippen LogP contribution in [0.15, 0.2) is 0 Å². The number of urea groups is 1. The fourth-order valence-electron chi connectivity index (χ4n) is 4.71. The summed E-state index contributed by atoms with van der Waals surface area (Å²) in [6.45, 7) is 1.39. The standard InChI is InChI=1S/C17H24N4O4/c22-13-9-11(10-21(13)12-3-1-2-4-12)14(23)20-7-5-17(6-8-20)15(24)18-16(25)19-17/h11-12H,1-10H2,(H2,18,19,24,25). The van der Waals surface area contributed by atoms with Gasteiger partial charge in [-0.2, -0.15) is 0 Å². The van der Waals surface area contributed by atoms with Crippen LogP contribution in [-0.2, 0) is 14.4 Å². The normalized spacial score (nSPS) is 29.4. The fraction of sp³-hybridized carbons (Fsp3) is 0.765. The molecule has 0 aromatic heterocycles. The van der Waals surface area contributed by atoms with Crippen molar-refractivity contribution in [2.24, 2.45) is 5.92 Å². The van der Waals surface area contributed by atoms with Gasteiger partial charge in [0.2, 0.25) is 11.8 Å². The Balaban J connectivity index is 1.36. The number of carbonyl (C=O) groups excluding carboxylic acids is 4. The summed E-state index contributed by atoms with van der Waals surface area (Å²) in [5.41, 5.74) is -0.866. The molecule has 4 rings (SSSR count). The second-order valence-electron chi connectivity index (χ2n) is 7.70. The molecule has 1 atom stereocenters. The summed E-state index contributed by atoms with van der Waals surface area (Å²) in [5, 5.41) is 4.97. The maximum atomic E-state index is 12.8. The van der Waals surface area contributed by atoms with Gasteiger partial charge in [-0.3, -0.25) is 19.7 Å². The van der Waals surface area contributed by atoms with E-state index in [4.69, 9.17) is 0 Å². The average molecular weight is 348 g/mol. The molecular weight excluding hydrogens is 324 g/mol. The number of hydrogen-bond acceptors (Lipinski definition) is 4. The highest BCUT2D eigenvalue weighted by Crippen LogP contribution is 2.32. The van der Waals surface area contributed by atoms with Gasteiger partial charge in [0.1, 0.15) is 5.54 Å². The maximum Gasteiger partial charge on any atom is 0.322 e. The first kappa shape index (κ1) is 16.4. The largest absolute Gasteiger partial charge is 0.342 e. The van der Waals surface area contributed by atoms with Crippen LogP contribution in [-0.4, -0.2) is 64.8 Å². The van der Waals surface area contributed by atoms with E-state index >= 15 is 0 Å². The van der Waals surface area contributed by atoms with E-state index < -0.39 is 11.6 Å². The zero-order valence-electron chi connectivity index (χ0n) is 14.3. The lowest BCUT2D eigenvalue weighted by Crippen LogP contribution is -2.56. The molecule has 5 amide bonds. The number of hydrogen-bond donors (Lipinski definition) is 2. The van der Waals surface area contributed by atoms with Crippen LogP contribution in [0.25, 0.3) is 0 Å². The summed E-state index contributed by atoms with van der Waals surface area (Å²) >= 11 is 0. The van der Waals surface area contributed by atoms with Crippen LogP contribution in [0.1, 0.15) is 44.9 Å². The number of carbonyl (C=O) groups is 4. The van der Waals surface area contributed by atoms with Crippen molar-refractivity contribution in [3.8, 4) is 0 Å².